The Morgan fingerprint density at radius 1 is 1.50 bits per heavy atom. The van der Waals surface area contributed by atoms with E-state index < -0.39 is 9.04 Å². The fourth-order valence-corrected chi connectivity index (χ4v) is 2.03. The van der Waals surface area contributed by atoms with E-state index in [2.05, 4.69) is 5.69 Å². The van der Waals surface area contributed by atoms with Gasteiger partial charge in [0, 0.05) is 6.61 Å². The molecular weight excluding hydrogens is 118 g/mol. The van der Waals surface area contributed by atoms with Crippen LogP contribution in [-0.2, 0) is 4.43 Å². The summed E-state index contributed by atoms with van der Waals surface area (Å²) in [5.41, 5.74) is 2.18. The number of nitrogens with zero attached hydrogens (tertiary/aromatic N) is 1. The van der Waals surface area contributed by atoms with E-state index in [1.807, 2.05) is 0 Å². The first-order chi connectivity index (χ1) is 3.93. The Balaban J connectivity index is 2.25. The van der Waals surface area contributed by atoms with Gasteiger partial charge in [0.05, 0.1) is 5.69 Å². The van der Waals surface area contributed by atoms with Gasteiger partial charge in [0.15, 0.2) is 0 Å². The molecule has 0 aromatic heterocycles. The highest BCUT2D eigenvalue weighted by Gasteiger charge is 2.15. The van der Waals surface area contributed by atoms with E-state index in [-0.39, 0.29) is 0 Å². The maximum absolute atomic E-state index is 8.36. The van der Waals surface area contributed by atoms with E-state index in [4.69, 9.17) is 9.69 Å². The van der Waals surface area contributed by atoms with Gasteiger partial charge in [-0.15, -0.1) is 0 Å². The van der Waals surface area contributed by atoms with Crippen molar-refractivity contribution in [2.24, 2.45) is 0 Å². The molecular formula is C5H8NOSi. The molecule has 0 bridgehead atoms. The van der Waals surface area contributed by atoms with Gasteiger partial charge in [-0.2, -0.15) is 0 Å². The Hall–Kier alpha value is -0.333. The molecule has 3 heteroatoms. The Kier molecular flexibility index (Phi) is 2.07. The fraction of sp³-hybridized carbons (Fsp3) is 0.800. The number of hydrogen-bond acceptors (Lipinski definition) is 2. The lowest BCUT2D eigenvalue weighted by Crippen LogP contribution is -2.20. The molecule has 0 saturated carbocycles. The van der Waals surface area contributed by atoms with Crippen LogP contribution in [0.2, 0.25) is 6.04 Å². The van der Waals surface area contributed by atoms with Crippen molar-refractivity contribution in [2.75, 3.05) is 6.61 Å². The van der Waals surface area contributed by atoms with Crippen molar-refractivity contribution in [1.82, 2.24) is 0 Å². The highest BCUT2D eigenvalue weighted by molar-refractivity contribution is 6.60. The van der Waals surface area contributed by atoms with Crippen LogP contribution in [0.15, 0.2) is 0 Å². The minimum Gasteiger partial charge on any atom is -0.404 e. The summed E-state index contributed by atoms with van der Waals surface area (Å²) in [5, 5.41) is 8.36. The molecule has 1 aliphatic heterocycles. The van der Waals surface area contributed by atoms with Crippen LogP contribution in [0.4, 0.5) is 0 Å². The van der Waals surface area contributed by atoms with Gasteiger partial charge in [0.1, 0.15) is 0 Å². The smallest absolute Gasteiger partial charge is 0.338 e. The monoisotopic (exact) mass is 126 g/mol. The molecule has 1 aliphatic rings. The third-order valence-corrected chi connectivity index (χ3v) is 2.81. The van der Waals surface area contributed by atoms with Crippen LogP contribution in [0.5, 0.6) is 0 Å². The predicted molar refractivity (Wildman–Crippen MR) is 31.4 cm³/mol. The number of nitriles is 1. The maximum atomic E-state index is 8.36. The third kappa shape index (κ3) is 1.32. The van der Waals surface area contributed by atoms with E-state index in [1.54, 1.807) is 0 Å². The molecule has 0 aliphatic carbocycles. The van der Waals surface area contributed by atoms with Gasteiger partial charge in [0.2, 0.25) is 0 Å². The zero-order chi connectivity index (χ0) is 5.82. The zero-order valence-corrected chi connectivity index (χ0v) is 5.68. The molecule has 0 aromatic rings. The topological polar surface area (TPSA) is 33.0 Å². The summed E-state index contributed by atoms with van der Waals surface area (Å²) in [4.78, 5) is 0. The van der Waals surface area contributed by atoms with Crippen LogP contribution >= 0.6 is 0 Å². The molecule has 0 unspecified atom stereocenters. The largest absolute Gasteiger partial charge is 0.404 e. The molecule has 0 amide bonds. The van der Waals surface area contributed by atoms with Crippen molar-refractivity contribution in [2.45, 2.75) is 18.9 Å². The van der Waals surface area contributed by atoms with Crippen LogP contribution in [-0.4, -0.2) is 15.6 Å². The molecule has 1 radical (unpaired) electrons. The van der Waals surface area contributed by atoms with E-state index in [9.17, 15) is 0 Å². The molecule has 0 N–H and O–H groups in total. The van der Waals surface area contributed by atoms with Crippen LogP contribution in [0.25, 0.3) is 0 Å². The van der Waals surface area contributed by atoms with Crippen LogP contribution in [0.1, 0.15) is 12.8 Å². The van der Waals surface area contributed by atoms with Gasteiger partial charge in [-0.05, 0) is 12.5 Å². The molecule has 8 heavy (non-hydrogen) atoms. The molecule has 0 atom stereocenters. The fourth-order valence-electron chi connectivity index (χ4n) is 0.743. The highest BCUT2D eigenvalue weighted by atomic mass is 28.3. The Bertz CT molecular complexity index is 103. The van der Waals surface area contributed by atoms with Crippen LogP contribution in [0, 0.1) is 11.0 Å². The van der Waals surface area contributed by atoms with Crippen molar-refractivity contribution >= 4 is 9.04 Å². The summed E-state index contributed by atoms with van der Waals surface area (Å²) < 4.78 is 5.17. The number of rotatable bonds is 0. The van der Waals surface area contributed by atoms with Crippen LogP contribution < -0.4 is 0 Å². The molecule has 1 rings (SSSR count). The molecule has 43 valence electrons. The predicted octanol–water partition coefficient (Wildman–Crippen LogP) is 0.851. The van der Waals surface area contributed by atoms with E-state index in [0.29, 0.717) is 0 Å². The summed E-state index contributed by atoms with van der Waals surface area (Å²) in [5.74, 6) is 0. The SMILES string of the molecule is N#C[Si]1CCCCO1. The lowest BCUT2D eigenvalue weighted by Gasteiger charge is -2.12. The zero-order valence-electron chi connectivity index (χ0n) is 4.68. The summed E-state index contributed by atoms with van der Waals surface area (Å²) >= 11 is 0. The minimum atomic E-state index is -0.982. The summed E-state index contributed by atoms with van der Waals surface area (Å²) in [6.45, 7) is 0.821. The molecule has 1 saturated heterocycles. The van der Waals surface area contributed by atoms with Gasteiger partial charge >= 0.3 is 9.04 Å². The van der Waals surface area contributed by atoms with Gasteiger partial charge < -0.3 is 4.43 Å². The molecule has 0 aromatic carbocycles. The maximum Gasteiger partial charge on any atom is 0.338 e. The Morgan fingerprint density at radius 2 is 2.38 bits per heavy atom. The highest BCUT2D eigenvalue weighted by Crippen LogP contribution is 2.08. The molecule has 1 heterocycles. The second-order valence-corrected chi connectivity index (χ2v) is 3.70. The summed E-state index contributed by atoms with van der Waals surface area (Å²) in [7, 11) is -0.982. The molecule has 1 fully saturated rings. The second-order valence-electron chi connectivity index (χ2n) is 1.84. The first-order valence-electron chi connectivity index (χ1n) is 2.82. The van der Waals surface area contributed by atoms with Gasteiger partial charge in [-0.3, -0.25) is 0 Å². The molecule has 2 nitrogen and oxygen atoms in total. The van der Waals surface area contributed by atoms with E-state index in [0.717, 1.165) is 19.1 Å². The Labute approximate surface area is 50.8 Å². The summed E-state index contributed by atoms with van der Waals surface area (Å²) in [6, 6.07) is 1.03. The van der Waals surface area contributed by atoms with E-state index in [1.165, 1.54) is 6.42 Å². The third-order valence-electron chi connectivity index (χ3n) is 1.20. The van der Waals surface area contributed by atoms with Crippen LogP contribution in [0.3, 0.4) is 0 Å². The minimum absolute atomic E-state index is 0.821. The second kappa shape index (κ2) is 2.85. The average Bonchev–Trinajstić information content (AvgIpc) is 1.90. The first-order valence-corrected chi connectivity index (χ1v) is 4.44. The van der Waals surface area contributed by atoms with Gasteiger partial charge in [-0.25, -0.2) is 5.26 Å². The first kappa shape index (κ1) is 5.80. The van der Waals surface area contributed by atoms with Crippen molar-refractivity contribution < 1.29 is 4.43 Å². The molecule has 0 spiro atoms. The average molecular weight is 126 g/mol. The normalized spacial score (nSPS) is 22.4. The lowest BCUT2D eigenvalue weighted by atomic mass is 10.4. The lowest BCUT2D eigenvalue weighted by molar-refractivity contribution is 0.295. The van der Waals surface area contributed by atoms with Crippen molar-refractivity contribution in [3.63, 3.8) is 0 Å². The van der Waals surface area contributed by atoms with Gasteiger partial charge in [-0.1, -0.05) is 6.42 Å². The quantitative estimate of drug-likeness (QED) is 0.451. The van der Waals surface area contributed by atoms with E-state index >= 15 is 0 Å². The van der Waals surface area contributed by atoms with Gasteiger partial charge in [0.25, 0.3) is 0 Å². The number of hydrogen-bond donors (Lipinski definition) is 0. The van der Waals surface area contributed by atoms with Crippen molar-refractivity contribution in [3.8, 4) is 5.69 Å². The van der Waals surface area contributed by atoms with Crippen molar-refractivity contribution in [3.05, 3.63) is 0 Å². The Morgan fingerprint density at radius 3 is 2.75 bits per heavy atom. The van der Waals surface area contributed by atoms with Crippen molar-refractivity contribution in [1.29, 1.82) is 5.26 Å². The summed E-state index contributed by atoms with van der Waals surface area (Å²) in [6.07, 6.45) is 2.34. The standard InChI is InChI=1S/C5H8NOSi/c6-5-8-4-2-1-3-7-8/h1-4H2.